The highest BCUT2D eigenvalue weighted by atomic mass is 32.1. The van der Waals surface area contributed by atoms with Gasteiger partial charge < -0.3 is 21.2 Å². The number of rotatable bonds is 6. The van der Waals surface area contributed by atoms with Gasteiger partial charge in [-0.3, -0.25) is 4.79 Å². The molecule has 1 aromatic rings. The number of anilines is 1. The van der Waals surface area contributed by atoms with Crippen LogP contribution >= 0.6 is 11.3 Å². The first-order valence-corrected chi connectivity index (χ1v) is 6.29. The van der Waals surface area contributed by atoms with Gasteiger partial charge in [0.2, 0.25) is 0 Å². The molecule has 18 heavy (non-hydrogen) atoms. The van der Waals surface area contributed by atoms with Crippen molar-refractivity contribution < 1.29 is 10.0 Å². The number of carbonyl (C=O) groups excluding carboxylic acids is 1. The van der Waals surface area contributed by atoms with E-state index in [4.69, 9.17) is 10.9 Å². The maximum absolute atomic E-state index is 11.7. The van der Waals surface area contributed by atoms with Gasteiger partial charge in [-0.15, -0.1) is 11.3 Å². The van der Waals surface area contributed by atoms with Gasteiger partial charge in [0.05, 0.1) is 0 Å². The number of thiazole rings is 1. The summed E-state index contributed by atoms with van der Waals surface area (Å²) >= 11 is 1.19. The van der Waals surface area contributed by atoms with Crippen LogP contribution in [0.1, 0.15) is 12.1 Å². The molecule has 0 atom stereocenters. The number of hydrogen-bond acceptors (Lipinski definition) is 7. The number of carbonyl (C=O) groups is 1. The summed E-state index contributed by atoms with van der Waals surface area (Å²) < 4.78 is 0. The van der Waals surface area contributed by atoms with Crippen LogP contribution in [0.25, 0.3) is 0 Å². The summed E-state index contributed by atoms with van der Waals surface area (Å²) in [5.41, 5.74) is 5.62. The molecule has 0 radical (unpaired) electrons. The van der Waals surface area contributed by atoms with Crippen molar-refractivity contribution in [2.45, 2.75) is 6.42 Å². The topological polar surface area (TPSA) is 104 Å². The first-order valence-electron chi connectivity index (χ1n) is 5.41. The van der Waals surface area contributed by atoms with E-state index in [1.54, 1.807) is 5.38 Å². The minimum atomic E-state index is -0.457. The Kier molecular flexibility index (Phi) is 5.53. The SMILES string of the molecule is CN(C)CCCNC(=O)/C(=N\O)c1csc(N)n1. The minimum Gasteiger partial charge on any atom is -0.410 e. The lowest BCUT2D eigenvalue weighted by Crippen LogP contribution is -2.33. The Morgan fingerprint density at radius 1 is 1.67 bits per heavy atom. The zero-order valence-electron chi connectivity index (χ0n) is 10.4. The quantitative estimate of drug-likeness (QED) is 0.292. The van der Waals surface area contributed by atoms with E-state index in [9.17, 15) is 4.79 Å². The third kappa shape index (κ3) is 4.30. The van der Waals surface area contributed by atoms with Crippen molar-refractivity contribution in [3.8, 4) is 0 Å². The van der Waals surface area contributed by atoms with Crippen LogP contribution < -0.4 is 11.1 Å². The van der Waals surface area contributed by atoms with Crippen molar-refractivity contribution >= 4 is 28.1 Å². The van der Waals surface area contributed by atoms with E-state index in [1.165, 1.54) is 11.3 Å². The predicted octanol–water partition coefficient (Wildman–Crippen LogP) is -0.0285. The van der Waals surface area contributed by atoms with Gasteiger partial charge in [-0.2, -0.15) is 0 Å². The molecule has 1 amide bonds. The summed E-state index contributed by atoms with van der Waals surface area (Å²) in [5, 5.41) is 16.4. The third-order valence-corrected chi connectivity index (χ3v) is 2.82. The van der Waals surface area contributed by atoms with Crippen molar-refractivity contribution in [2.75, 3.05) is 32.9 Å². The van der Waals surface area contributed by atoms with Crippen LogP contribution in [-0.2, 0) is 4.79 Å². The second-order valence-electron chi connectivity index (χ2n) is 3.93. The van der Waals surface area contributed by atoms with Gasteiger partial charge in [0.25, 0.3) is 5.91 Å². The largest absolute Gasteiger partial charge is 0.410 e. The molecule has 0 spiro atoms. The molecule has 0 aliphatic rings. The Labute approximate surface area is 109 Å². The lowest BCUT2D eigenvalue weighted by atomic mass is 10.2. The van der Waals surface area contributed by atoms with Crippen molar-refractivity contribution in [1.29, 1.82) is 0 Å². The fraction of sp³-hybridized carbons (Fsp3) is 0.500. The average Bonchev–Trinajstić information content (AvgIpc) is 2.72. The number of nitrogens with zero attached hydrogens (tertiary/aromatic N) is 3. The molecule has 1 rings (SSSR count). The molecule has 0 aromatic carbocycles. The van der Waals surface area contributed by atoms with Gasteiger partial charge in [-0.1, -0.05) is 5.16 Å². The van der Waals surface area contributed by atoms with Crippen LogP contribution in [-0.4, -0.2) is 53.9 Å². The summed E-state index contributed by atoms with van der Waals surface area (Å²) in [5.74, 6) is -0.457. The summed E-state index contributed by atoms with van der Waals surface area (Å²) in [4.78, 5) is 17.7. The molecule has 0 unspecified atom stereocenters. The Bertz CT molecular complexity index is 430. The normalized spacial score (nSPS) is 11.8. The maximum Gasteiger partial charge on any atom is 0.275 e. The fourth-order valence-corrected chi connectivity index (χ4v) is 1.84. The summed E-state index contributed by atoms with van der Waals surface area (Å²) in [6.07, 6.45) is 0.816. The highest BCUT2D eigenvalue weighted by Crippen LogP contribution is 2.11. The van der Waals surface area contributed by atoms with Crippen LogP contribution in [0.4, 0.5) is 5.13 Å². The fourth-order valence-electron chi connectivity index (χ4n) is 1.29. The highest BCUT2D eigenvalue weighted by molar-refractivity contribution is 7.13. The lowest BCUT2D eigenvalue weighted by molar-refractivity contribution is -0.114. The Balaban J connectivity index is 2.49. The van der Waals surface area contributed by atoms with Gasteiger partial charge in [0, 0.05) is 11.9 Å². The van der Waals surface area contributed by atoms with Gasteiger partial charge in [0.1, 0.15) is 5.69 Å². The zero-order chi connectivity index (χ0) is 13.5. The van der Waals surface area contributed by atoms with Crippen molar-refractivity contribution in [3.05, 3.63) is 11.1 Å². The van der Waals surface area contributed by atoms with E-state index in [2.05, 4.69) is 15.5 Å². The summed E-state index contributed by atoms with van der Waals surface area (Å²) in [6, 6.07) is 0. The molecule has 7 nitrogen and oxygen atoms in total. The minimum absolute atomic E-state index is 0.118. The number of nitrogens with one attached hydrogen (secondary N) is 1. The molecule has 4 N–H and O–H groups in total. The number of aromatic nitrogens is 1. The van der Waals surface area contributed by atoms with Crippen molar-refractivity contribution in [3.63, 3.8) is 0 Å². The molecule has 0 saturated carbocycles. The molecule has 0 saturated heterocycles. The van der Waals surface area contributed by atoms with Gasteiger partial charge in [0.15, 0.2) is 10.8 Å². The van der Waals surface area contributed by atoms with Crippen molar-refractivity contribution in [1.82, 2.24) is 15.2 Å². The molecule has 8 heteroatoms. The standard InChI is InChI=1S/C10H17N5O2S/c1-15(2)5-3-4-12-9(16)8(14-17)7-6-18-10(11)13-7/h6,17H,3-5H2,1-2H3,(H2,11,13)(H,12,16)/b14-8-. The number of amides is 1. The molecular formula is C10H17N5O2S. The van der Waals surface area contributed by atoms with Crippen LogP contribution in [0.3, 0.4) is 0 Å². The number of nitrogens with two attached hydrogens (primary N) is 1. The second kappa shape index (κ2) is 6.92. The Morgan fingerprint density at radius 2 is 2.39 bits per heavy atom. The molecular weight excluding hydrogens is 254 g/mol. The highest BCUT2D eigenvalue weighted by Gasteiger charge is 2.17. The van der Waals surface area contributed by atoms with Gasteiger partial charge in [-0.25, -0.2) is 4.98 Å². The maximum atomic E-state index is 11.7. The Hall–Kier alpha value is -1.67. The molecule has 1 aromatic heterocycles. The van der Waals surface area contributed by atoms with Crippen LogP contribution in [0, 0.1) is 0 Å². The summed E-state index contributed by atoms with van der Waals surface area (Å²) in [6.45, 7) is 1.38. The second-order valence-corrected chi connectivity index (χ2v) is 4.82. The van der Waals surface area contributed by atoms with Gasteiger partial charge >= 0.3 is 0 Å². The molecule has 0 bridgehead atoms. The molecule has 1 heterocycles. The smallest absolute Gasteiger partial charge is 0.275 e. The Morgan fingerprint density at radius 3 is 2.89 bits per heavy atom. The first-order chi connectivity index (χ1) is 8.54. The number of nitrogen functional groups attached to an aromatic ring is 1. The monoisotopic (exact) mass is 271 g/mol. The van der Waals surface area contributed by atoms with E-state index >= 15 is 0 Å². The predicted molar refractivity (Wildman–Crippen MR) is 71.0 cm³/mol. The average molecular weight is 271 g/mol. The first kappa shape index (κ1) is 14.4. The number of oxime groups is 1. The molecule has 0 fully saturated rings. The lowest BCUT2D eigenvalue weighted by Gasteiger charge is -2.09. The van der Waals surface area contributed by atoms with E-state index in [-0.39, 0.29) is 11.4 Å². The zero-order valence-corrected chi connectivity index (χ0v) is 11.2. The van der Waals surface area contributed by atoms with Crippen LogP contribution in [0.5, 0.6) is 0 Å². The van der Waals surface area contributed by atoms with Crippen LogP contribution in [0.15, 0.2) is 10.5 Å². The van der Waals surface area contributed by atoms with Gasteiger partial charge in [-0.05, 0) is 27.1 Å². The summed E-state index contributed by atoms with van der Waals surface area (Å²) in [7, 11) is 3.92. The van der Waals surface area contributed by atoms with E-state index in [1.807, 2.05) is 19.0 Å². The van der Waals surface area contributed by atoms with Crippen molar-refractivity contribution in [2.24, 2.45) is 5.16 Å². The van der Waals surface area contributed by atoms with E-state index in [0.29, 0.717) is 11.7 Å². The molecule has 0 aliphatic heterocycles. The van der Waals surface area contributed by atoms with Crippen LogP contribution in [0.2, 0.25) is 0 Å². The van der Waals surface area contributed by atoms with E-state index < -0.39 is 5.91 Å². The third-order valence-electron chi connectivity index (χ3n) is 2.15. The molecule has 100 valence electrons. The molecule has 0 aliphatic carbocycles. The number of hydrogen-bond donors (Lipinski definition) is 3. The van der Waals surface area contributed by atoms with E-state index in [0.717, 1.165) is 13.0 Å².